The first-order chi connectivity index (χ1) is 13.8. The highest BCUT2D eigenvalue weighted by Crippen LogP contribution is 2.23. The van der Waals surface area contributed by atoms with Crippen molar-refractivity contribution in [1.82, 2.24) is 9.62 Å². The fraction of sp³-hybridized carbons (Fsp3) is 0.600. The topological polar surface area (TPSA) is 92.8 Å². The molecular weight excluding hydrogens is 399 g/mol. The Morgan fingerprint density at radius 2 is 1.83 bits per heavy atom. The molecule has 0 radical (unpaired) electrons. The molecule has 2 rings (SSSR count). The second-order valence-corrected chi connectivity index (χ2v) is 9.05. The highest BCUT2D eigenvalue weighted by Gasteiger charge is 2.25. The number of carbonyl (C=O) groups is 2. The van der Waals surface area contributed by atoms with E-state index in [2.05, 4.69) is 5.32 Å². The largest absolute Gasteiger partial charge is 0.452 e. The Labute approximate surface area is 171 Å². The van der Waals surface area contributed by atoms with Crippen LogP contribution in [0.5, 0.6) is 0 Å². The molecule has 0 heterocycles. The number of sulfonamides is 1. The molecule has 0 bridgehead atoms. The average Bonchev–Trinajstić information content (AvgIpc) is 2.72. The molecule has 0 unspecified atom stereocenters. The van der Waals surface area contributed by atoms with Gasteiger partial charge >= 0.3 is 5.97 Å². The predicted molar refractivity (Wildman–Crippen MR) is 106 cm³/mol. The first-order valence-electron chi connectivity index (χ1n) is 10.0. The summed E-state index contributed by atoms with van der Waals surface area (Å²) in [5.74, 6) is -2.01. The predicted octanol–water partition coefficient (Wildman–Crippen LogP) is 2.71. The van der Waals surface area contributed by atoms with E-state index in [-0.39, 0.29) is 18.0 Å². The number of ether oxygens (including phenoxy) is 1. The van der Waals surface area contributed by atoms with Crippen LogP contribution in [0, 0.1) is 11.7 Å². The lowest BCUT2D eigenvalue weighted by Crippen LogP contribution is -2.33. The monoisotopic (exact) mass is 428 g/mol. The molecule has 29 heavy (non-hydrogen) atoms. The quantitative estimate of drug-likeness (QED) is 0.611. The Bertz CT molecular complexity index is 818. The third-order valence-corrected chi connectivity index (χ3v) is 7.19. The summed E-state index contributed by atoms with van der Waals surface area (Å²) in [5.41, 5.74) is -0.515. The molecule has 1 amide bonds. The van der Waals surface area contributed by atoms with Gasteiger partial charge in [0, 0.05) is 19.6 Å². The van der Waals surface area contributed by atoms with Gasteiger partial charge in [0.1, 0.15) is 5.82 Å². The van der Waals surface area contributed by atoms with Gasteiger partial charge in [-0.3, -0.25) is 4.79 Å². The van der Waals surface area contributed by atoms with Crippen LogP contribution < -0.4 is 5.32 Å². The summed E-state index contributed by atoms with van der Waals surface area (Å²) in [4.78, 5) is 23.9. The Morgan fingerprint density at radius 1 is 1.17 bits per heavy atom. The normalized spacial score (nSPS) is 15.3. The molecule has 0 atom stereocenters. The van der Waals surface area contributed by atoms with Crippen molar-refractivity contribution in [3.63, 3.8) is 0 Å². The minimum atomic E-state index is -3.85. The van der Waals surface area contributed by atoms with E-state index >= 15 is 0 Å². The van der Waals surface area contributed by atoms with E-state index in [1.807, 2.05) is 0 Å². The van der Waals surface area contributed by atoms with E-state index in [0.29, 0.717) is 12.5 Å². The Morgan fingerprint density at radius 3 is 2.45 bits per heavy atom. The van der Waals surface area contributed by atoms with E-state index < -0.39 is 39.9 Å². The number of hydrogen-bond acceptors (Lipinski definition) is 5. The molecular formula is C20H29FN2O5S. The summed E-state index contributed by atoms with van der Waals surface area (Å²) < 4.78 is 45.3. The Hall–Kier alpha value is -2.00. The van der Waals surface area contributed by atoms with Gasteiger partial charge in [0.05, 0.1) is 10.5 Å². The maximum atomic E-state index is 14.1. The maximum Gasteiger partial charge on any atom is 0.341 e. The lowest BCUT2D eigenvalue weighted by Gasteiger charge is -2.21. The fourth-order valence-corrected chi connectivity index (χ4v) is 4.93. The molecule has 1 aromatic rings. The van der Waals surface area contributed by atoms with Crippen molar-refractivity contribution >= 4 is 21.9 Å². The molecule has 0 saturated heterocycles. The van der Waals surface area contributed by atoms with Gasteiger partial charge < -0.3 is 10.1 Å². The minimum absolute atomic E-state index is 0.198. The summed E-state index contributed by atoms with van der Waals surface area (Å²) in [6.45, 7) is 3.85. The zero-order valence-electron chi connectivity index (χ0n) is 16.9. The van der Waals surface area contributed by atoms with Crippen LogP contribution >= 0.6 is 0 Å². The van der Waals surface area contributed by atoms with Crippen molar-refractivity contribution in [1.29, 1.82) is 0 Å². The third kappa shape index (κ3) is 6.24. The molecule has 7 nitrogen and oxygen atoms in total. The Balaban J connectivity index is 1.98. The number of amides is 1. The number of rotatable bonds is 9. The van der Waals surface area contributed by atoms with Gasteiger partial charge in [-0.15, -0.1) is 0 Å². The van der Waals surface area contributed by atoms with Gasteiger partial charge in [0.15, 0.2) is 6.61 Å². The van der Waals surface area contributed by atoms with E-state index in [4.69, 9.17) is 4.74 Å². The van der Waals surface area contributed by atoms with Crippen LogP contribution in [0.4, 0.5) is 4.39 Å². The van der Waals surface area contributed by atoms with Gasteiger partial charge in [-0.05, 0) is 37.0 Å². The van der Waals surface area contributed by atoms with Crippen LogP contribution in [0.2, 0.25) is 0 Å². The second-order valence-electron chi connectivity index (χ2n) is 7.12. The van der Waals surface area contributed by atoms with Crippen molar-refractivity contribution in [3.8, 4) is 0 Å². The number of hydrogen-bond donors (Lipinski definition) is 1. The molecule has 1 N–H and O–H groups in total. The number of nitrogens with one attached hydrogen (secondary N) is 1. The molecule has 1 aliphatic carbocycles. The van der Waals surface area contributed by atoms with Gasteiger partial charge in [0.25, 0.3) is 5.91 Å². The van der Waals surface area contributed by atoms with Crippen LogP contribution in [-0.2, 0) is 19.6 Å². The van der Waals surface area contributed by atoms with Crippen molar-refractivity contribution in [3.05, 3.63) is 29.6 Å². The van der Waals surface area contributed by atoms with E-state index in [0.717, 1.165) is 43.9 Å². The fourth-order valence-electron chi connectivity index (χ4n) is 3.44. The standard InChI is InChI=1S/C20H29FN2O5S/c1-3-23(4-2)29(26,27)16-10-11-18(21)17(12-16)20(25)28-14-19(24)22-13-15-8-6-5-7-9-15/h10-12,15H,3-9,13-14H2,1-2H3,(H,22,24). The average molecular weight is 429 g/mol. The van der Waals surface area contributed by atoms with Crippen molar-refractivity contribution in [2.75, 3.05) is 26.2 Å². The maximum absolute atomic E-state index is 14.1. The summed E-state index contributed by atoms with van der Waals surface area (Å²) in [5, 5.41) is 2.73. The summed E-state index contributed by atoms with van der Waals surface area (Å²) >= 11 is 0. The molecule has 0 spiro atoms. The number of benzene rings is 1. The zero-order valence-corrected chi connectivity index (χ0v) is 17.8. The van der Waals surface area contributed by atoms with E-state index in [1.54, 1.807) is 13.8 Å². The van der Waals surface area contributed by atoms with Crippen LogP contribution in [0.25, 0.3) is 0 Å². The van der Waals surface area contributed by atoms with E-state index in [1.165, 1.54) is 10.7 Å². The lowest BCUT2D eigenvalue weighted by atomic mass is 9.89. The summed E-state index contributed by atoms with van der Waals surface area (Å²) in [6, 6.07) is 2.97. The van der Waals surface area contributed by atoms with Crippen LogP contribution in [0.15, 0.2) is 23.1 Å². The smallest absolute Gasteiger partial charge is 0.341 e. The van der Waals surface area contributed by atoms with Crippen LogP contribution in [-0.4, -0.2) is 50.8 Å². The molecule has 1 saturated carbocycles. The molecule has 9 heteroatoms. The molecule has 1 aliphatic rings. The van der Waals surface area contributed by atoms with E-state index in [9.17, 15) is 22.4 Å². The van der Waals surface area contributed by atoms with Gasteiger partial charge in [-0.1, -0.05) is 33.1 Å². The van der Waals surface area contributed by atoms with Gasteiger partial charge in [-0.2, -0.15) is 4.31 Å². The Kier molecular flexibility index (Phi) is 8.58. The molecule has 162 valence electrons. The SMILES string of the molecule is CCN(CC)S(=O)(=O)c1ccc(F)c(C(=O)OCC(=O)NCC2CCCCC2)c1. The molecule has 1 aromatic carbocycles. The third-order valence-electron chi connectivity index (χ3n) is 5.15. The van der Waals surface area contributed by atoms with Crippen molar-refractivity contribution in [2.45, 2.75) is 50.8 Å². The van der Waals surface area contributed by atoms with Crippen molar-refractivity contribution in [2.24, 2.45) is 5.92 Å². The second kappa shape index (κ2) is 10.7. The van der Waals surface area contributed by atoms with Crippen molar-refractivity contribution < 1.29 is 27.1 Å². The number of nitrogens with zero attached hydrogens (tertiary/aromatic N) is 1. The zero-order chi connectivity index (χ0) is 21.4. The minimum Gasteiger partial charge on any atom is -0.452 e. The number of esters is 1. The lowest BCUT2D eigenvalue weighted by molar-refractivity contribution is -0.124. The summed E-state index contributed by atoms with van der Waals surface area (Å²) in [6.07, 6.45) is 5.66. The van der Waals surface area contributed by atoms with Crippen LogP contribution in [0.1, 0.15) is 56.3 Å². The molecule has 0 aromatic heterocycles. The van der Waals surface area contributed by atoms with Gasteiger partial charge in [-0.25, -0.2) is 17.6 Å². The molecule has 1 fully saturated rings. The highest BCUT2D eigenvalue weighted by molar-refractivity contribution is 7.89. The van der Waals surface area contributed by atoms with Gasteiger partial charge in [0.2, 0.25) is 10.0 Å². The number of carbonyl (C=O) groups excluding carboxylic acids is 2. The first-order valence-corrected chi connectivity index (χ1v) is 11.5. The highest BCUT2D eigenvalue weighted by atomic mass is 32.2. The van der Waals surface area contributed by atoms with Crippen LogP contribution in [0.3, 0.4) is 0 Å². The molecule has 0 aliphatic heterocycles. The number of halogens is 1. The summed E-state index contributed by atoms with van der Waals surface area (Å²) in [7, 11) is -3.85. The first kappa shape index (κ1) is 23.3.